The van der Waals surface area contributed by atoms with Gasteiger partial charge in [0.1, 0.15) is 5.60 Å². The fourth-order valence-corrected chi connectivity index (χ4v) is 3.06. The average Bonchev–Trinajstić information content (AvgIpc) is 2.91. The van der Waals surface area contributed by atoms with E-state index in [1.807, 2.05) is 20.8 Å². The second-order valence-electron chi connectivity index (χ2n) is 6.15. The van der Waals surface area contributed by atoms with Crippen molar-refractivity contribution in [2.24, 2.45) is 0 Å². The van der Waals surface area contributed by atoms with E-state index >= 15 is 0 Å². The maximum absolute atomic E-state index is 5.71. The summed E-state index contributed by atoms with van der Waals surface area (Å²) in [6.45, 7) is 10.8. The van der Waals surface area contributed by atoms with Gasteiger partial charge in [0.2, 0.25) is 11.7 Å². The standard InChI is InChI=1S/C15H27N3O2/c1-5-7-15(8-10-16-11-9-15)13-17-12(18-20-13)14(3,4)19-6-2/h16H,5-11H2,1-4H3. The van der Waals surface area contributed by atoms with Crippen molar-refractivity contribution < 1.29 is 9.26 Å². The molecule has 0 amide bonds. The van der Waals surface area contributed by atoms with Crippen molar-refractivity contribution in [3.05, 3.63) is 11.7 Å². The van der Waals surface area contributed by atoms with Crippen molar-refractivity contribution in [3.8, 4) is 0 Å². The van der Waals surface area contributed by atoms with Gasteiger partial charge in [-0.05, 0) is 53.1 Å². The van der Waals surface area contributed by atoms with Crippen LogP contribution in [0, 0.1) is 0 Å². The smallest absolute Gasteiger partial charge is 0.233 e. The van der Waals surface area contributed by atoms with Gasteiger partial charge < -0.3 is 14.6 Å². The highest BCUT2D eigenvalue weighted by Gasteiger charge is 2.40. The molecule has 0 aromatic carbocycles. The molecule has 0 unspecified atom stereocenters. The highest BCUT2D eigenvalue weighted by molar-refractivity contribution is 5.09. The Morgan fingerprint density at radius 1 is 1.30 bits per heavy atom. The van der Waals surface area contributed by atoms with Gasteiger partial charge in [0, 0.05) is 6.61 Å². The predicted octanol–water partition coefficient (Wildman–Crippen LogP) is 2.76. The van der Waals surface area contributed by atoms with Crippen LogP contribution in [0.5, 0.6) is 0 Å². The Hall–Kier alpha value is -0.940. The molecular formula is C15H27N3O2. The lowest BCUT2D eigenvalue weighted by molar-refractivity contribution is -0.0221. The first kappa shape index (κ1) is 15.4. The third-order valence-electron chi connectivity index (χ3n) is 4.21. The first-order valence-corrected chi connectivity index (χ1v) is 7.73. The van der Waals surface area contributed by atoms with Gasteiger partial charge in [0.15, 0.2) is 0 Å². The van der Waals surface area contributed by atoms with Crippen molar-refractivity contribution in [1.82, 2.24) is 15.5 Å². The Morgan fingerprint density at radius 3 is 2.60 bits per heavy atom. The molecule has 1 fully saturated rings. The number of rotatable bonds is 6. The third-order valence-corrected chi connectivity index (χ3v) is 4.21. The molecule has 1 saturated heterocycles. The first-order chi connectivity index (χ1) is 9.54. The summed E-state index contributed by atoms with van der Waals surface area (Å²) in [4.78, 5) is 4.68. The molecule has 20 heavy (non-hydrogen) atoms. The van der Waals surface area contributed by atoms with E-state index in [4.69, 9.17) is 9.26 Å². The SMILES string of the molecule is CCCC1(c2nc(C(C)(C)OCC)no2)CCNCC1. The Bertz CT molecular complexity index is 417. The third kappa shape index (κ3) is 3.04. The van der Waals surface area contributed by atoms with E-state index in [1.54, 1.807) is 0 Å². The molecule has 1 aromatic rings. The van der Waals surface area contributed by atoms with Gasteiger partial charge in [0.25, 0.3) is 0 Å². The van der Waals surface area contributed by atoms with E-state index < -0.39 is 5.60 Å². The number of piperidine rings is 1. The van der Waals surface area contributed by atoms with Gasteiger partial charge in [0.05, 0.1) is 5.41 Å². The molecule has 114 valence electrons. The van der Waals surface area contributed by atoms with Crippen LogP contribution >= 0.6 is 0 Å². The van der Waals surface area contributed by atoms with Crippen LogP contribution in [-0.2, 0) is 15.8 Å². The van der Waals surface area contributed by atoms with Crippen LogP contribution in [0.3, 0.4) is 0 Å². The fraction of sp³-hybridized carbons (Fsp3) is 0.867. The second kappa shape index (κ2) is 6.22. The number of aromatic nitrogens is 2. The van der Waals surface area contributed by atoms with Crippen molar-refractivity contribution >= 4 is 0 Å². The number of hydrogen-bond donors (Lipinski definition) is 1. The molecule has 0 atom stereocenters. The van der Waals surface area contributed by atoms with E-state index in [0.29, 0.717) is 12.4 Å². The molecule has 0 spiro atoms. The Balaban J connectivity index is 2.25. The van der Waals surface area contributed by atoms with Crippen LogP contribution in [0.25, 0.3) is 0 Å². The molecule has 5 nitrogen and oxygen atoms in total. The van der Waals surface area contributed by atoms with Gasteiger partial charge in [-0.3, -0.25) is 0 Å². The zero-order valence-electron chi connectivity index (χ0n) is 13.2. The lowest BCUT2D eigenvalue weighted by Gasteiger charge is -2.34. The molecule has 0 aliphatic carbocycles. The van der Waals surface area contributed by atoms with Crippen LogP contribution in [0.2, 0.25) is 0 Å². The van der Waals surface area contributed by atoms with Gasteiger partial charge >= 0.3 is 0 Å². The predicted molar refractivity (Wildman–Crippen MR) is 77.6 cm³/mol. The van der Waals surface area contributed by atoms with Crippen molar-refractivity contribution in [3.63, 3.8) is 0 Å². The molecule has 5 heteroatoms. The highest BCUT2D eigenvalue weighted by Crippen LogP contribution is 2.37. The largest absolute Gasteiger partial charge is 0.368 e. The molecule has 1 aliphatic heterocycles. The summed E-state index contributed by atoms with van der Waals surface area (Å²) in [5.41, 5.74) is -0.440. The summed E-state index contributed by atoms with van der Waals surface area (Å²) in [5, 5.41) is 7.59. The van der Waals surface area contributed by atoms with Crippen LogP contribution < -0.4 is 5.32 Å². The zero-order valence-corrected chi connectivity index (χ0v) is 13.2. The van der Waals surface area contributed by atoms with Crippen LogP contribution in [0.1, 0.15) is 65.1 Å². The fourth-order valence-electron chi connectivity index (χ4n) is 3.06. The molecule has 1 aromatic heterocycles. The van der Waals surface area contributed by atoms with Gasteiger partial charge in [-0.15, -0.1) is 0 Å². The quantitative estimate of drug-likeness (QED) is 0.868. The van der Waals surface area contributed by atoms with Crippen molar-refractivity contribution in [2.75, 3.05) is 19.7 Å². The molecule has 0 radical (unpaired) electrons. The number of nitrogens with zero attached hydrogens (tertiary/aromatic N) is 2. The molecule has 0 bridgehead atoms. The van der Waals surface area contributed by atoms with Crippen molar-refractivity contribution in [2.45, 2.75) is 64.4 Å². The molecule has 1 aliphatic rings. The second-order valence-corrected chi connectivity index (χ2v) is 6.15. The van der Waals surface area contributed by atoms with E-state index in [1.165, 1.54) is 0 Å². The van der Waals surface area contributed by atoms with E-state index in [-0.39, 0.29) is 5.41 Å². The molecule has 0 saturated carbocycles. The normalized spacial score (nSPS) is 19.2. The monoisotopic (exact) mass is 281 g/mol. The van der Waals surface area contributed by atoms with E-state index in [9.17, 15) is 0 Å². The highest BCUT2D eigenvalue weighted by atomic mass is 16.5. The van der Waals surface area contributed by atoms with Crippen LogP contribution in [-0.4, -0.2) is 29.8 Å². The van der Waals surface area contributed by atoms with E-state index in [0.717, 1.165) is 44.7 Å². The average molecular weight is 281 g/mol. The topological polar surface area (TPSA) is 60.2 Å². The van der Waals surface area contributed by atoms with E-state index in [2.05, 4.69) is 22.4 Å². The summed E-state index contributed by atoms with van der Waals surface area (Å²) < 4.78 is 11.3. The maximum atomic E-state index is 5.71. The first-order valence-electron chi connectivity index (χ1n) is 7.73. The molecule has 2 rings (SSSR count). The molecular weight excluding hydrogens is 254 g/mol. The lowest BCUT2D eigenvalue weighted by atomic mass is 9.75. The van der Waals surface area contributed by atoms with Crippen LogP contribution in [0.4, 0.5) is 0 Å². The lowest BCUT2D eigenvalue weighted by Crippen LogP contribution is -2.40. The van der Waals surface area contributed by atoms with Gasteiger partial charge in [-0.25, -0.2) is 0 Å². The number of ether oxygens (including phenoxy) is 1. The maximum Gasteiger partial charge on any atom is 0.233 e. The Morgan fingerprint density at radius 2 is 2.00 bits per heavy atom. The number of hydrogen-bond acceptors (Lipinski definition) is 5. The summed E-state index contributed by atoms with van der Waals surface area (Å²) in [6.07, 6.45) is 4.37. The summed E-state index contributed by atoms with van der Waals surface area (Å²) >= 11 is 0. The number of nitrogens with one attached hydrogen (secondary N) is 1. The Kier molecular flexibility index (Phi) is 4.81. The van der Waals surface area contributed by atoms with Gasteiger partial charge in [-0.1, -0.05) is 18.5 Å². The van der Waals surface area contributed by atoms with Crippen molar-refractivity contribution in [1.29, 1.82) is 0 Å². The Labute approximate surface area is 121 Å². The molecule has 1 N–H and O–H groups in total. The zero-order chi connectivity index (χ0) is 14.6. The molecule has 2 heterocycles. The minimum absolute atomic E-state index is 0.0492. The summed E-state index contributed by atoms with van der Waals surface area (Å²) in [6, 6.07) is 0. The minimum atomic E-state index is -0.489. The minimum Gasteiger partial charge on any atom is -0.368 e. The van der Waals surface area contributed by atoms with Gasteiger partial charge in [-0.2, -0.15) is 4.98 Å². The summed E-state index contributed by atoms with van der Waals surface area (Å²) in [7, 11) is 0. The van der Waals surface area contributed by atoms with Crippen LogP contribution in [0.15, 0.2) is 4.52 Å². The summed E-state index contributed by atoms with van der Waals surface area (Å²) in [5.74, 6) is 1.45.